The van der Waals surface area contributed by atoms with Crippen molar-refractivity contribution < 1.29 is 38.6 Å². The Labute approximate surface area is 230 Å². The van der Waals surface area contributed by atoms with E-state index in [0.29, 0.717) is 16.8 Å². The van der Waals surface area contributed by atoms with E-state index in [2.05, 4.69) is 10.6 Å². The lowest BCUT2D eigenvalue weighted by Crippen LogP contribution is -2.52. The molecule has 0 bridgehead atoms. The number of benzene rings is 3. The molecule has 3 amide bonds. The molecule has 0 saturated carbocycles. The Morgan fingerprint density at radius 1 is 0.900 bits per heavy atom. The molecule has 0 aliphatic carbocycles. The third-order valence-electron chi connectivity index (χ3n) is 6.21. The highest BCUT2D eigenvalue weighted by atomic mass is 16.7. The quantitative estimate of drug-likeness (QED) is 0.311. The number of ether oxygens (including phenoxy) is 2. The van der Waals surface area contributed by atoms with Gasteiger partial charge in [0.1, 0.15) is 12.8 Å². The highest BCUT2D eigenvalue weighted by Crippen LogP contribution is 2.19. The van der Waals surface area contributed by atoms with Crippen molar-refractivity contribution in [2.75, 3.05) is 19.2 Å². The van der Waals surface area contributed by atoms with Crippen molar-refractivity contribution >= 4 is 29.4 Å². The summed E-state index contributed by atoms with van der Waals surface area (Å²) in [6.07, 6.45) is -2.72. The number of rotatable bonds is 11. The second kappa shape index (κ2) is 13.5. The molecule has 0 radical (unpaired) electrons. The maximum Gasteiger partial charge on any atom is 0.326 e. The standard InChI is InChI=1S/C29H29N3O8/c1-38-32(17-20-8-4-2-5-9-20)28(35)25-24(39-18-40-25)27(34)31-23(29(36)37)16-19-12-14-22(15-13-19)30-26(33)21-10-6-3-7-11-21/h2-15,23-25H,16-18H2,1H3,(H,30,33)(H,31,34)(H,36,37)/t23?,24-,25-/m1/s1. The van der Waals surface area contributed by atoms with E-state index >= 15 is 0 Å². The molecule has 1 aliphatic rings. The Morgan fingerprint density at radius 3 is 2.15 bits per heavy atom. The molecule has 3 aromatic rings. The van der Waals surface area contributed by atoms with Crippen molar-refractivity contribution in [3.8, 4) is 0 Å². The molecule has 1 fully saturated rings. The van der Waals surface area contributed by atoms with Gasteiger partial charge in [0.05, 0.1) is 13.7 Å². The van der Waals surface area contributed by atoms with Gasteiger partial charge in [-0.1, -0.05) is 60.7 Å². The van der Waals surface area contributed by atoms with Crippen LogP contribution in [0.2, 0.25) is 0 Å². The average Bonchev–Trinajstić information content (AvgIpc) is 3.47. The molecule has 3 atom stereocenters. The minimum absolute atomic E-state index is 0.0433. The molecule has 1 aliphatic heterocycles. The van der Waals surface area contributed by atoms with Crippen LogP contribution >= 0.6 is 0 Å². The molecule has 0 aromatic heterocycles. The molecule has 1 saturated heterocycles. The van der Waals surface area contributed by atoms with Crippen molar-refractivity contribution in [1.82, 2.24) is 10.4 Å². The largest absolute Gasteiger partial charge is 0.480 e. The summed E-state index contributed by atoms with van der Waals surface area (Å²) in [5.74, 6) is -2.98. The molecule has 11 heteroatoms. The summed E-state index contributed by atoms with van der Waals surface area (Å²) in [6, 6.07) is 23.1. The zero-order chi connectivity index (χ0) is 28.5. The van der Waals surface area contributed by atoms with Gasteiger partial charge in [-0.3, -0.25) is 19.2 Å². The lowest BCUT2D eigenvalue weighted by Gasteiger charge is -2.25. The van der Waals surface area contributed by atoms with E-state index in [0.717, 1.165) is 10.6 Å². The number of nitrogens with zero attached hydrogens (tertiary/aromatic N) is 1. The van der Waals surface area contributed by atoms with E-state index in [9.17, 15) is 24.3 Å². The van der Waals surface area contributed by atoms with Gasteiger partial charge >= 0.3 is 5.97 Å². The predicted molar refractivity (Wildman–Crippen MR) is 143 cm³/mol. The summed E-state index contributed by atoms with van der Waals surface area (Å²) in [6.45, 7) is -0.199. The van der Waals surface area contributed by atoms with E-state index in [1.807, 2.05) is 36.4 Å². The maximum absolute atomic E-state index is 13.1. The van der Waals surface area contributed by atoms with Crippen LogP contribution in [0, 0.1) is 0 Å². The minimum atomic E-state index is -1.36. The van der Waals surface area contributed by atoms with Gasteiger partial charge < -0.3 is 25.2 Å². The first-order valence-electron chi connectivity index (χ1n) is 12.5. The lowest BCUT2D eigenvalue weighted by molar-refractivity contribution is -0.189. The van der Waals surface area contributed by atoms with Crippen molar-refractivity contribution in [3.05, 3.63) is 102 Å². The summed E-state index contributed by atoms with van der Waals surface area (Å²) >= 11 is 0. The normalized spacial score (nSPS) is 17.0. The number of carboxylic acids is 1. The van der Waals surface area contributed by atoms with Gasteiger partial charge in [-0.15, -0.1) is 0 Å². The van der Waals surface area contributed by atoms with Gasteiger partial charge in [-0.25, -0.2) is 9.86 Å². The van der Waals surface area contributed by atoms with Gasteiger partial charge in [0.2, 0.25) is 0 Å². The van der Waals surface area contributed by atoms with Crippen LogP contribution in [-0.2, 0) is 41.7 Å². The molecule has 0 spiro atoms. The van der Waals surface area contributed by atoms with Crippen molar-refractivity contribution in [1.29, 1.82) is 0 Å². The Morgan fingerprint density at radius 2 is 1.52 bits per heavy atom. The van der Waals surface area contributed by atoms with E-state index in [1.54, 1.807) is 48.5 Å². The number of amides is 3. The van der Waals surface area contributed by atoms with Crippen LogP contribution in [0.15, 0.2) is 84.9 Å². The fraction of sp³-hybridized carbons (Fsp3) is 0.241. The predicted octanol–water partition coefficient (Wildman–Crippen LogP) is 2.38. The number of carbonyl (C=O) groups is 4. The fourth-order valence-corrected chi connectivity index (χ4v) is 4.10. The van der Waals surface area contributed by atoms with Crippen LogP contribution in [0.4, 0.5) is 5.69 Å². The molecular formula is C29H29N3O8. The Hall–Kier alpha value is -4.58. The van der Waals surface area contributed by atoms with Gasteiger partial charge in [0, 0.05) is 17.7 Å². The second-order valence-corrected chi connectivity index (χ2v) is 8.96. The zero-order valence-corrected chi connectivity index (χ0v) is 21.7. The lowest BCUT2D eigenvalue weighted by atomic mass is 10.0. The van der Waals surface area contributed by atoms with Gasteiger partial charge in [0.15, 0.2) is 12.2 Å². The highest BCUT2D eigenvalue weighted by Gasteiger charge is 2.43. The van der Waals surface area contributed by atoms with Gasteiger partial charge in [-0.2, -0.15) is 0 Å². The fourth-order valence-electron chi connectivity index (χ4n) is 4.10. The first-order valence-corrected chi connectivity index (χ1v) is 12.5. The van der Waals surface area contributed by atoms with E-state index in [4.69, 9.17) is 14.3 Å². The molecule has 1 unspecified atom stereocenters. The topological polar surface area (TPSA) is 143 Å². The SMILES string of the molecule is CON(Cc1ccccc1)C(=O)[C@@H]1OCO[C@H]1C(=O)NC(Cc1ccc(NC(=O)c2ccccc2)cc1)C(=O)O. The molecule has 40 heavy (non-hydrogen) atoms. The molecule has 208 valence electrons. The number of hydroxylamine groups is 2. The van der Waals surface area contributed by atoms with Crippen LogP contribution in [0.25, 0.3) is 0 Å². The zero-order valence-electron chi connectivity index (χ0n) is 21.7. The molecule has 4 rings (SSSR count). The molecular weight excluding hydrogens is 518 g/mol. The van der Waals surface area contributed by atoms with E-state index in [-0.39, 0.29) is 25.7 Å². The molecule has 3 aromatic carbocycles. The summed E-state index contributed by atoms with van der Waals surface area (Å²) in [7, 11) is 1.32. The third kappa shape index (κ3) is 7.29. The Bertz CT molecular complexity index is 1320. The number of carboxylic acid groups (broad SMARTS) is 1. The summed E-state index contributed by atoms with van der Waals surface area (Å²) in [5, 5.41) is 16.0. The van der Waals surface area contributed by atoms with Crippen LogP contribution in [0.1, 0.15) is 21.5 Å². The number of aliphatic carboxylic acids is 1. The minimum Gasteiger partial charge on any atom is -0.480 e. The highest BCUT2D eigenvalue weighted by molar-refractivity contribution is 6.04. The molecule has 1 heterocycles. The number of nitrogens with one attached hydrogen (secondary N) is 2. The third-order valence-corrected chi connectivity index (χ3v) is 6.21. The van der Waals surface area contributed by atoms with E-state index in [1.165, 1.54) is 7.11 Å². The molecule has 3 N–H and O–H groups in total. The Kier molecular flexibility index (Phi) is 9.57. The van der Waals surface area contributed by atoms with Gasteiger partial charge in [0.25, 0.3) is 17.7 Å². The number of hydrogen-bond donors (Lipinski definition) is 3. The van der Waals surface area contributed by atoms with Crippen molar-refractivity contribution in [2.24, 2.45) is 0 Å². The van der Waals surface area contributed by atoms with Crippen LogP contribution in [0.5, 0.6) is 0 Å². The van der Waals surface area contributed by atoms with Crippen molar-refractivity contribution in [2.45, 2.75) is 31.2 Å². The second-order valence-electron chi connectivity index (χ2n) is 8.96. The monoisotopic (exact) mass is 547 g/mol. The smallest absolute Gasteiger partial charge is 0.326 e. The first-order chi connectivity index (χ1) is 19.4. The number of carbonyl (C=O) groups excluding carboxylic acids is 3. The summed E-state index contributed by atoms with van der Waals surface area (Å²) in [5.41, 5.74) is 2.44. The average molecular weight is 548 g/mol. The van der Waals surface area contributed by atoms with E-state index < -0.39 is 36.0 Å². The van der Waals surface area contributed by atoms with Crippen molar-refractivity contribution in [3.63, 3.8) is 0 Å². The van der Waals surface area contributed by atoms with Gasteiger partial charge in [-0.05, 0) is 35.4 Å². The Balaban J connectivity index is 1.36. The first kappa shape index (κ1) is 28.4. The molecule has 11 nitrogen and oxygen atoms in total. The van der Waals surface area contributed by atoms with Crippen LogP contribution in [-0.4, -0.2) is 66.0 Å². The number of anilines is 1. The van der Waals surface area contributed by atoms with Crippen LogP contribution < -0.4 is 10.6 Å². The summed E-state index contributed by atoms with van der Waals surface area (Å²) in [4.78, 5) is 55.6. The van der Waals surface area contributed by atoms with Crippen LogP contribution in [0.3, 0.4) is 0 Å². The summed E-state index contributed by atoms with van der Waals surface area (Å²) < 4.78 is 10.7. The number of hydrogen-bond acceptors (Lipinski definition) is 7. The maximum atomic E-state index is 13.1.